The van der Waals surface area contributed by atoms with Crippen LogP contribution in [0.4, 0.5) is 0 Å². The summed E-state index contributed by atoms with van der Waals surface area (Å²) in [5, 5.41) is 0. The Bertz CT molecular complexity index is 515. The van der Waals surface area contributed by atoms with Crippen molar-refractivity contribution in [2.24, 2.45) is 5.92 Å². The summed E-state index contributed by atoms with van der Waals surface area (Å²) in [7, 11) is 1.36. The predicted octanol–water partition coefficient (Wildman–Crippen LogP) is 1.65. The second kappa shape index (κ2) is 7.11. The van der Waals surface area contributed by atoms with Gasteiger partial charge in [-0.25, -0.2) is 0 Å². The molecule has 1 unspecified atom stereocenters. The van der Waals surface area contributed by atoms with E-state index in [1.165, 1.54) is 7.11 Å². The molecular weight excluding hydrogens is 270 g/mol. The lowest BCUT2D eigenvalue weighted by Crippen LogP contribution is -2.28. The van der Waals surface area contributed by atoms with Gasteiger partial charge in [0.25, 0.3) is 0 Å². The van der Waals surface area contributed by atoms with Gasteiger partial charge in [-0.05, 0) is 31.0 Å². The highest BCUT2D eigenvalue weighted by atomic mass is 16.5. The molecule has 1 saturated heterocycles. The van der Waals surface area contributed by atoms with Gasteiger partial charge in [-0.3, -0.25) is 9.59 Å². The van der Waals surface area contributed by atoms with E-state index in [1.54, 1.807) is 4.90 Å². The lowest BCUT2D eigenvalue weighted by Gasteiger charge is -2.16. The summed E-state index contributed by atoms with van der Waals surface area (Å²) in [5.74, 6) is 0.239. The van der Waals surface area contributed by atoms with Gasteiger partial charge in [0.2, 0.25) is 5.91 Å². The highest BCUT2D eigenvalue weighted by Crippen LogP contribution is 2.20. The Morgan fingerprint density at radius 3 is 2.95 bits per heavy atom. The summed E-state index contributed by atoms with van der Waals surface area (Å²) in [6.07, 6.45) is 1.01. The summed E-state index contributed by atoms with van der Waals surface area (Å²) in [5.41, 5.74) is 1.12. The maximum absolute atomic E-state index is 11.9. The van der Waals surface area contributed by atoms with Crippen LogP contribution in [0.2, 0.25) is 0 Å². The van der Waals surface area contributed by atoms with Gasteiger partial charge in [0.05, 0.1) is 19.6 Å². The van der Waals surface area contributed by atoms with Gasteiger partial charge < -0.3 is 14.4 Å². The average Bonchev–Trinajstić information content (AvgIpc) is 2.86. The third-order valence-corrected chi connectivity index (χ3v) is 3.63. The molecule has 0 N–H and O–H groups in total. The van der Waals surface area contributed by atoms with Crippen molar-refractivity contribution in [1.29, 1.82) is 0 Å². The minimum atomic E-state index is -0.322. The molecule has 114 valence electrons. The molecule has 0 saturated carbocycles. The number of benzene rings is 1. The zero-order chi connectivity index (χ0) is 15.2. The Balaban J connectivity index is 1.89. The molecule has 0 spiro atoms. The van der Waals surface area contributed by atoms with E-state index in [2.05, 4.69) is 0 Å². The van der Waals surface area contributed by atoms with Crippen LogP contribution in [-0.2, 0) is 20.7 Å². The highest BCUT2D eigenvalue weighted by molar-refractivity contribution is 5.86. The SMILES string of the molecule is CCOc1cccc(CCN2CC(C(=O)OC)CC2=O)c1. The Kier molecular flexibility index (Phi) is 5.20. The molecule has 1 atom stereocenters. The molecular formula is C16H21NO4. The number of methoxy groups -OCH3 is 1. The van der Waals surface area contributed by atoms with Crippen molar-refractivity contribution >= 4 is 11.9 Å². The molecule has 2 rings (SSSR count). The standard InChI is InChI=1S/C16H21NO4/c1-3-21-14-6-4-5-12(9-14)7-8-17-11-13(10-15(17)18)16(19)20-2/h4-6,9,13H,3,7-8,10-11H2,1-2H3. The molecule has 1 heterocycles. The number of hydrogen-bond acceptors (Lipinski definition) is 4. The van der Waals surface area contributed by atoms with E-state index < -0.39 is 0 Å². The summed E-state index contributed by atoms with van der Waals surface area (Å²) < 4.78 is 10.2. The third kappa shape index (κ3) is 3.97. The lowest BCUT2D eigenvalue weighted by molar-refractivity contribution is -0.145. The minimum Gasteiger partial charge on any atom is -0.494 e. The van der Waals surface area contributed by atoms with E-state index in [0.717, 1.165) is 17.7 Å². The first-order valence-electron chi connectivity index (χ1n) is 7.21. The quantitative estimate of drug-likeness (QED) is 0.748. The normalized spacial score (nSPS) is 17.9. The van der Waals surface area contributed by atoms with Gasteiger partial charge in [-0.15, -0.1) is 0 Å². The first-order chi connectivity index (χ1) is 10.1. The van der Waals surface area contributed by atoms with Crippen LogP contribution in [0.15, 0.2) is 24.3 Å². The van der Waals surface area contributed by atoms with Crippen LogP contribution in [-0.4, -0.2) is 43.6 Å². The first-order valence-corrected chi connectivity index (χ1v) is 7.21. The van der Waals surface area contributed by atoms with Crippen LogP contribution in [0.25, 0.3) is 0 Å². The van der Waals surface area contributed by atoms with Crippen LogP contribution in [0.5, 0.6) is 5.75 Å². The lowest BCUT2D eigenvalue weighted by atomic mass is 10.1. The second-order valence-corrected chi connectivity index (χ2v) is 5.09. The fraction of sp³-hybridized carbons (Fsp3) is 0.500. The number of carbonyl (C=O) groups excluding carboxylic acids is 2. The minimum absolute atomic E-state index is 0.0198. The van der Waals surface area contributed by atoms with E-state index >= 15 is 0 Å². The molecule has 1 aliphatic rings. The van der Waals surface area contributed by atoms with Crippen LogP contribution in [0, 0.1) is 5.92 Å². The number of amides is 1. The number of rotatable bonds is 6. The molecule has 0 bridgehead atoms. The van der Waals surface area contributed by atoms with Crippen molar-refractivity contribution in [1.82, 2.24) is 4.90 Å². The Morgan fingerprint density at radius 2 is 2.24 bits per heavy atom. The van der Waals surface area contributed by atoms with Gasteiger partial charge in [0.1, 0.15) is 5.75 Å². The van der Waals surface area contributed by atoms with Gasteiger partial charge in [-0.1, -0.05) is 12.1 Å². The largest absolute Gasteiger partial charge is 0.494 e. The van der Waals surface area contributed by atoms with E-state index in [0.29, 0.717) is 19.7 Å². The van der Waals surface area contributed by atoms with Crippen molar-refractivity contribution in [3.8, 4) is 5.75 Å². The van der Waals surface area contributed by atoms with Crippen molar-refractivity contribution < 1.29 is 19.1 Å². The second-order valence-electron chi connectivity index (χ2n) is 5.09. The van der Waals surface area contributed by atoms with Crippen molar-refractivity contribution in [3.63, 3.8) is 0 Å². The molecule has 21 heavy (non-hydrogen) atoms. The van der Waals surface area contributed by atoms with E-state index in [-0.39, 0.29) is 24.2 Å². The van der Waals surface area contributed by atoms with E-state index in [4.69, 9.17) is 9.47 Å². The number of hydrogen-bond donors (Lipinski definition) is 0. The monoisotopic (exact) mass is 291 g/mol. The molecule has 1 aromatic rings. The fourth-order valence-electron chi connectivity index (χ4n) is 2.53. The van der Waals surface area contributed by atoms with Crippen molar-refractivity contribution in [3.05, 3.63) is 29.8 Å². The summed E-state index contributed by atoms with van der Waals surface area (Å²) in [6, 6.07) is 7.87. The summed E-state index contributed by atoms with van der Waals surface area (Å²) in [6.45, 7) is 3.65. The number of carbonyl (C=O) groups is 2. The van der Waals surface area contributed by atoms with Crippen molar-refractivity contribution in [2.45, 2.75) is 19.8 Å². The van der Waals surface area contributed by atoms with E-state index in [9.17, 15) is 9.59 Å². The highest BCUT2D eigenvalue weighted by Gasteiger charge is 2.34. The molecule has 5 nitrogen and oxygen atoms in total. The number of ether oxygens (including phenoxy) is 2. The smallest absolute Gasteiger partial charge is 0.310 e. The Morgan fingerprint density at radius 1 is 1.43 bits per heavy atom. The maximum atomic E-state index is 11.9. The van der Waals surface area contributed by atoms with Gasteiger partial charge in [-0.2, -0.15) is 0 Å². The van der Waals surface area contributed by atoms with Crippen LogP contribution >= 0.6 is 0 Å². The van der Waals surface area contributed by atoms with Crippen LogP contribution < -0.4 is 4.74 Å². The topological polar surface area (TPSA) is 55.8 Å². The first kappa shape index (κ1) is 15.4. The Labute approximate surface area is 124 Å². The molecule has 1 aliphatic heterocycles. The van der Waals surface area contributed by atoms with Gasteiger partial charge in [0.15, 0.2) is 0 Å². The molecule has 1 aromatic carbocycles. The van der Waals surface area contributed by atoms with Gasteiger partial charge >= 0.3 is 5.97 Å². The molecule has 0 aliphatic carbocycles. The van der Waals surface area contributed by atoms with Crippen LogP contribution in [0.1, 0.15) is 18.9 Å². The van der Waals surface area contributed by atoms with Crippen LogP contribution in [0.3, 0.4) is 0 Å². The molecule has 1 amide bonds. The summed E-state index contributed by atoms with van der Waals surface area (Å²) >= 11 is 0. The maximum Gasteiger partial charge on any atom is 0.310 e. The molecule has 5 heteroatoms. The van der Waals surface area contributed by atoms with Crippen molar-refractivity contribution in [2.75, 3.05) is 26.8 Å². The Hall–Kier alpha value is -2.04. The number of esters is 1. The number of likely N-dealkylation sites (tertiary alicyclic amines) is 1. The third-order valence-electron chi connectivity index (χ3n) is 3.63. The fourth-order valence-corrected chi connectivity index (χ4v) is 2.53. The van der Waals surface area contributed by atoms with E-state index in [1.807, 2.05) is 31.2 Å². The molecule has 0 aromatic heterocycles. The summed E-state index contributed by atoms with van der Waals surface area (Å²) in [4.78, 5) is 25.1. The molecule has 0 radical (unpaired) electrons. The molecule has 1 fully saturated rings. The average molecular weight is 291 g/mol. The zero-order valence-corrected chi connectivity index (χ0v) is 12.5. The number of nitrogens with zero attached hydrogens (tertiary/aromatic N) is 1. The predicted molar refractivity (Wildman–Crippen MR) is 78.0 cm³/mol. The van der Waals surface area contributed by atoms with Gasteiger partial charge in [0, 0.05) is 19.5 Å². The zero-order valence-electron chi connectivity index (χ0n) is 12.5.